The van der Waals surface area contributed by atoms with Crippen molar-refractivity contribution in [3.63, 3.8) is 0 Å². The van der Waals surface area contributed by atoms with Crippen molar-refractivity contribution < 1.29 is 78.5 Å². The molecular formula is C51H63N13O16S. The van der Waals surface area contributed by atoms with Crippen LogP contribution in [0.2, 0.25) is 0 Å². The van der Waals surface area contributed by atoms with E-state index in [9.17, 15) is 64.5 Å². The Balaban J connectivity index is 1.16. The van der Waals surface area contributed by atoms with Gasteiger partial charge in [0.1, 0.15) is 72.3 Å². The highest BCUT2D eigenvalue weighted by Gasteiger charge is 2.52. The highest BCUT2D eigenvalue weighted by Crippen LogP contribution is 2.30. The standard InChI is InChI=1S/C51H63N13O16S/c1-22(24-8-4-2-5-9-24)35-45(76)57-27(15-23-12-13-32-26(14-23)60-51(80-32)81-21-31(67)25-10-6-3-7-11-25)44(75)62-36(38(69)28-16-55-49(52)59-28)47(78)63-37(46(77)58-29(19-65)43(74)54-18-34(68)61-35)39(70)30-17-56-50(53)64(30)48-42(73)41(72)40(71)33(20-66)79-48/h2-14,22,27-30,33,35-42,48,65-66,69-73H,15-21H2,1H3,(H2,53,56)(H,54,74)(H,57,76)(H,58,77)(H,61,68)(H,62,75)(H,63,78)(H3,52,55,59)/t22?,27-,28?,29+,30?,33-,35+,36+,37-,38?,39?,40-,41+,42+,48+/m1/s1. The highest BCUT2D eigenvalue weighted by molar-refractivity contribution is 7.99. The van der Waals surface area contributed by atoms with Gasteiger partial charge in [-0.2, -0.15) is 0 Å². The van der Waals surface area contributed by atoms with Crippen LogP contribution >= 0.6 is 11.8 Å². The number of hydrogen-bond acceptors (Lipinski definition) is 24. The van der Waals surface area contributed by atoms with Crippen LogP contribution in [0.15, 0.2) is 98.5 Å². The summed E-state index contributed by atoms with van der Waals surface area (Å²) in [6, 6.07) is 9.52. The van der Waals surface area contributed by atoms with E-state index in [1.54, 1.807) is 85.8 Å². The van der Waals surface area contributed by atoms with E-state index in [0.29, 0.717) is 27.8 Å². The fraction of sp³-hybridized carbons (Fsp3) is 0.451. The molecule has 0 spiro atoms. The summed E-state index contributed by atoms with van der Waals surface area (Å²) < 4.78 is 11.6. The van der Waals surface area contributed by atoms with E-state index in [4.69, 9.17) is 20.6 Å². The van der Waals surface area contributed by atoms with Gasteiger partial charge < -0.3 is 98.5 Å². The first-order valence-corrected chi connectivity index (χ1v) is 26.6. The van der Waals surface area contributed by atoms with Gasteiger partial charge in [-0.3, -0.25) is 43.5 Å². The van der Waals surface area contributed by atoms with Crippen molar-refractivity contribution in [2.24, 2.45) is 21.5 Å². The maximum Gasteiger partial charge on any atom is 0.257 e. The number of aliphatic hydroxyl groups excluding tert-OH is 7. The first-order valence-electron chi connectivity index (χ1n) is 25.6. The van der Waals surface area contributed by atoms with Gasteiger partial charge in [-0.25, -0.2) is 4.98 Å². The number of ketones is 1. The molecular weight excluding hydrogens is 1080 g/mol. The average Bonchev–Trinajstić information content (AvgIpc) is 4.39. The Labute approximate surface area is 465 Å². The number of carbonyl (C=O) groups is 7. The van der Waals surface area contributed by atoms with Crippen molar-refractivity contribution in [3.8, 4) is 0 Å². The zero-order chi connectivity index (χ0) is 58.2. The summed E-state index contributed by atoms with van der Waals surface area (Å²) in [4.78, 5) is 113. The Kier molecular flexibility index (Phi) is 19.2. The number of fused-ring (bicyclic) bond motifs is 1. The smallest absolute Gasteiger partial charge is 0.257 e. The molecule has 0 saturated carbocycles. The molecule has 5 heterocycles. The second kappa shape index (κ2) is 26.2. The van der Waals surface area contributed by atoms with E-state index in [2.05, 4.69) is 52.2 Å². The summed E-state index contributed by atoms with van der Waals surface area (Å²) >= 11 is 1.05. The molecule has 4 aliphatic rings. The lowest BCUT2D eigenvalue weighted by atomic mass is 9.92. The average molecular weight is 1150 g/mol. The van der Waals surface area contributed by atoms with Gasteiger partial charge in [-0.15, -0.1) is 0 Å². The van der Waals surface area contributed by atoms with Gasteiger partial charge in [0, 0.05) is 17.9 Å². The summed E-state index contributed by atoms with van der Waals surface area (Å²) in [5.41, 5.74) is 14.1. The number of nitrogens with one attached hydrogen (secondary N) is 7. The number of aromatic nitrogens is 1. The summed E-state index contributed by atoms with van der Waals surface area (Å²) in [6.45, 7) is -1.98. The predicted octanol–water partition coefficient (Wildman–Crippen LogP) is -6.50. The summed E-state index contributed by atoms with van der Waals surface area (Å²) in [6.07, 6.45) is -13.6. The first kappa shape index (κ1) is 59.3. The molecule has 4 aliphatic heterocycles. The molecule has 0 radical (unpaired) electrons. The monoisotopic (exact) mass is 1150 g/mol. The molecule has 5 unspecified atom stereocenters. The number of carbonyl (C=O) groups excluding carboxylic acids is 7. The number of hydrogen-bond donors (Lipinski definition) is 16. The van der Waals surface area contributed by atoms with Crippen molar-refractivity contribution in [1.29, 1.82) is 0 Å². The van der Waals surface area contributed by atoms with Gasteiger partial charge in [0.15, 0.2) is 29.5 Å². The van der Waals surface area contributed by atoms with Crippen molar-refractivity contribution in [1.82, 2.24) is 47.1 Å². The molecule has 4 aromatic rings. The number of benzene rings is 3. The maximum atomic E-state index is 15.1. The number of aliphatic hydroxyl groups is 7. The molecule has 8 rings (SSSR count). The molecule has 2 fully saturated rings. The number of nitrogens with two attached hydrogens (primary N) is 2. The lowest BCUT2D eigenvalue weighted by Gasteiger charge is -2.46. The molecule has 3 aromatic carbocycles. The molecule has 6 amide bonds. The zero-order valence-electron chi connectivity index (χ0n) is 43.3. The molecule has 18 N–H and O–H groups in total. The van der Waals surface area contributed by atoms with Gasteiger partial charge in [0.05, 0.1) is 50.7 Å². The number of thioether (sulfide) groups is 1. The van der Waals surface area contributed by atoms with Gasteiger partial charge in [0.2, 0.25) is 35.4 Å². The molecule has 0 bridgehead atoms. The minimum Gasteiger partial charge on any atom is -0.431 e. The zero-order valence-corrected chi connectivity index (χ0v) is 44.1. The lowest BCUT2D eigenvalue weighted by molar-refractivity contribution is -0.260. The third kappa shape index (κ3) is 13.7. The summed E-state index contributed by atoms with van der Waals surface area (Å²) in [5, 5.41) is 94.4. The molecule has 81 heavy (non-hydrogen) atoms. The van der Waals surface area contributed by atoms with E-state index in [0.717, 1.165) is 16.7 Å². The molecule has 1 aromatic heterocycles. The molecule has 29 nitrogen and oxygen atoms in total. The van der Waals surface area contributed by atoms with E-state index >= 15 is 4.79 Å². The number of amides is 6. The van der Waals surface area contributed by atoms with Crippen LogP contribution in [-0.4, -0.2) is 223 Å². The minimum atomic E-state index is -2.28. The van der Waals surface area contributed by atoms with Crippen molar-refractivity contribution in [3.05, 3.63) is 95.6 Å². The Hall–Kier alpha value is -7.81. The molecule has 15 atom stereocenters. The molecule has 30 heteroatoms. The van der Waals surface area contributed by atoms with Crippen LogP contribution in [0.1, 0.15) is 34.3 Å². The second-order valence-corrected chi connectivity index (χ2v) is 20.6. The minimum absolute atomic E-state index is 0.00306. The van der Waals surface area contributed by atoms with Gasteiger partial charge in [-0.05, 0) is 23.3 Å². The van der Waals surface area contributed by atoms with Crippen LogP contribution in [0.3, 0.4) is 0 Å². The van der Waals surface area contributed by atoms with E-state index in [-0.39, 0.29) is 35.7 Å². The van der Waals surface area contributed by atoms with Crippen LogP contribution in [0.25, 0.3) is 11.1 Å². The number of Topliss-reactive ketones (excluding diaryl/α,β-unsaturated/α-hetero) is 1. The fourth-order valence-corrected chi connectivity index (χ4v) is 10.4. The molecule has 434 valence electrons. The first-order chi connectivity index (χ1) is 38.8. The predicted molar refractivity (Wildman–Crippen MR) is 285 cm³/mol. The lowest BCUT2D eigenvalue weighted by Crippen LogP contribution is -2.70. The third-order valence-electron chi connectivity index (χ3n) is 14.2. The fourth-order valence-electron chi connectivity index (χ4n) is 9.68. The SMILES string of the molecule is CC(c1ccccc1)[C@@H]1NC(=O)CNC(=O)[C@H](CO)NC(=O)[C@@H](C(O)C2CN=C(N)N2[C@H]2O[C@H](CO)[C@@H](O)[C@H](O)[C@@H]2O)NC(=O)[C@H](C(O)C2CN=C(N)N2)NC(=O)[C@@H](Cc2ccc3oc(SCC(=O)c4ccccc4)nc3c2)NC1=O. The van der Waals surface area contributed by atoms with Gasteiger partial charge in [-0.1, -0.05) is 85.4 Å². The Morgan fingerprint density at radius 3 is 2.06 bits per heavy atom. The van der Waals surface area contributed by atoms with Crippen LogP contribution in [0.4, 0.5) is 0 Å². The summed E-state index contributed by atoms with van der Waals surface area (Å²) in [7, 11) is 0. The Morgan fingerprint density at radius 1 is 0.728 bits per heavy atom. The number of oxazole rings is 1. The number of nitrogens with zero attached hydrogens (tertiary/aromatic N) is 4. The molecule has 0 aliphatic carbocycles. The van der Waals surface area contributed by atoms with E-state index in [1.807, 2.05) is 0 Å². The van der Waals surface area contributed by atoms with Crippen LogP contribution < -0.4 is 48.7 Å². The van der Waals surface area contributed by atoms with Gasteiger partial charge >= 0.3 is 0 Å². The quantitative estimate of drug-likeness (QED) is 0.0389. The number of ether oxygens (including phenoxy) is 1. The molecule has 2 saturated heterocycles. The topological polar surface area (TPSA) is 461 Å². The summed E-state index contributed by atoms with van der Waals surface area (Å²) in [5.74, 6) is -8.52. The van der Waals surface area contributed by atoms with Crippen LogP contribution in [-0.2, 0) is 39.9 Å². The van der Waals surface area contributed by atoms with Crippen molar-refractivity contribution in [2.75, 3.05) is 38.6 Å². The largest absolute Gasteiger partial charge is 0.431 e. The van der Waals surface area contributed by atoms with E-state index < -0.39 is 159 Å². The highest BCUT2D eigenvalue weighted by atomic mass is 32.2. The van der Waals surface area contributed by atoms with Crippen LogP contribution in [0.5, 0.6) is 0 Å². The maximum absolute atomic E-state index is 15.1. The number of guanidine groups is 2. The van der Waals surface area contributed by atoms with Crippen molar-refractivity contribution in [2.45, 2.75) is 110 Å². The second-order valence-electron chi connectivity index (χ2n) is 19.7. The van der Waals surface area contributed by atoms with Crippen LogP contribution in [0, 0.1) is 0 Å². The Morgan fingerprint density at radius 2 is 1.38 bits per heavy atom. The number of aliphatic imine (C=N–C) groups is 2. The third-order valence-corrected chi connectivity index (χ3v) is 15.1. The Bertz CT molecular complexity index is 3010. The van der Waals surface area contributed by atoms with E-state index in [1.165, 1.54) is 0 Å². The normalized spacial score (nSPS) is 29.3. The number of rotatable bonds is 15. The van der Waals surface area contributed by atoms with Gasteiger partial charge in [0.25, 0.3) is 5.22 Å². The van der Waals surface area contributed by atoms with Crippen molar-refractivity contribution >= 4 is 76.0 Å².